The molecule has 8 heteroatoms. The van der Waals surface area contributed by atoms with E-state index >= 15 is 0 Å². The second-order valence-corrected chi connectivity index (χ2v) is 8.53. The van der Waals surface area contributed by atoms with Crippen LogP contribution in [0, 0.1) is 5.82 Å². The van der Waals surface area contributed by atoms with Gasteiger partial charge in [-0.25, -0.2) is 4.39 Å². The molecule has 32 heavy (non-hydrogen) atoms. The standard InChI is InChI=1S/C24H22FN3O3S/c25-18-4-2-6-20(14-18)27-24(31)16-3-1-5-19(13-16)26-22(29)7-8-23(30)28-11-9-21-17(15-28)10-12-32-21/h1-6,10,12-14H,7-9,11,15H2,(H,26,29)(H,27,31). The van der Waals surface area contributed by atoms with Gasteiger partial charge in [0.25, 0.3) is 5.91 Å². The zero-order chi connectivity index (χ0) is 22.5. The summed E-state index contributed by atoms with van der Waals surface area (Å²) in [4.78, 5) is 40.4. The minimum absolute atomic E-state index is 0.0415. The first-order valence-electron chi connectivity index (χ1n) is 10.3. The summed E-state index contributed by atoms with van der Waals surface area (Å²) in [6.45, 7) is 1.28. The molecule has 1 aliphatic heterocycles. The fraction of sp³-hybridized carbons (Fsp3) is 0.208. The van der Waals surface area contributed by atoms with Crippen LogP contribution in [0.25, 0.3) is 0 Å². The van der Waals surface area contributed by atoms with Gasteiger partial charge in [0, 0.05) is 47.7 Å². The average Bonchev–Trinajstić information content (AvgIpc) is 3.25. The number of anilines is 2. The normalized spacial score (nSPS) is 12.7. The third-order valence-corrected chi connectivity index (χ3v) is 6.24. The highest BCUT2D eigenvalue weighted by molar-refractivity contribution is 7.10. The smallest absolute Gasteiger partial charge is 0.255 e. The van der Waals surface area contributed by atoms with Crippen molar-refractivity contribution in [2.24, 2.45) is 0 Å². The van der Waals surface area contributed by atoms with Gasteiger partial charge in [-0.2, -0.15) is 0 Å². The Morgan fingerprint density at radius 1 is 0.969 bits per heavy atom. The molecular formula is C24H22FN3O3S. The lowest BCUT2D eigenvalue weighted by atomic mass is 10.1. The molecule has 0 atom stereocenters. The molecule has 0 bridgehead atoms. The van der Waals surface area contributed by atoms with Gasteiger partial charge in [-0.15, -0.1) is 11.3 Å². The minimum Gasteiger partial charge on any atom is -0.338 e. The summed E-state index contributed by atoms with van der Waals surface area (Å²) in [7, 11) is 0. The van der Waals surface area contributed by atoms with Gasteiger partial charge in [0.2, 0.25) is 11.8 Å². The second kappa shape index (κ2) is 9.74. The van der Waals surface area contributed by atoms with Crippen LogP contribution in [0.15, 0.2) is 60.0 Å². The van der Waals surface area contributed by atoms with Gasteiger partial charge >= 0.3 is 0 Å². The largest absolute Gasteiger partial charge is 0.338 e. The lowest BCUT2D eigenvalue weighted by Crippen LogP contribution is -2.35. The number of benzene rings is 2. The number of nitrogens with one attached hydrogen (secondary N) is 2. The molecule has 0 aliphatic carbocycles. The molecule has 2 N–H and O–H groups in total. The van der Waals surface area contributed by atoms with Crippen LogP contribution in [0.2, 0.25) is 0 Å². The Morgan fingerprint density at radius 2 is 1.75 bits per heavy atom. The van der Waals surface area contributed by atoms with E-state index in [1.807, 2.05) is 11.4 Å². The molecule has 0 radical (unpaired) electrons. The van der Waals surface area contributed by atoms with E-state index in [1.54, 1.807) is 40.5 Å². The summed E-state index contributed by atoms with van der Waals surface area (Å²) < 4.78 is 13.3. The van der Waals surface area contributed by atoms with Crippen molar-refractivity contribution in [1.29, 1.82) is 0 Å². The van der Waals surface area contributed by atoms with Gasteiger partial charge in [0.05, 0.1) is 0 Å². The number of rotatable bonds is 6. The number of fused-ring (bicyclic) bond motifs is 1. The molecule has 3 aromatic rings. The van der Waals surface area contributed by atoms with E-state index in [0.29, 0.717) is 30.0 Å². The number of carbonyl (C=O) groups is 3. The highest BCUT2D eigenvalue weighted by Crippen LogP contribution is 2.24. The van der Waals surface area contributed by atoms with E-state index in [9.17, 15) is 18.8 Å². The van der Waals surface area contributed by atoms with E-state index < -0.39 is 11.7 Å². The highest BCUT2D eigenvalue weighted by atomic mass is 32.1. The molecule has 164 valence electrons. The fourth-order valence-electron chi connectivity index (χ4n) is 3.57. The molecule has 0 unspecified atom stereocenters. The first kappa shape index (κ1) is 21.7. The first-order valence-corrected chi connectivity index (χ1v) is 11.2. The molecular weight excluding hydrogens is 429 g/mol. The quantitative estimate of drug-likeness (QED) is 0.582. The molecule has 2 heterocycles. The van der Waals surface area contributed by atoms with E-state index in [1.165, 1.54) is 34.7 Å². The Hall–Kier alpha value is -3.52. The molecule has 3 amide bonds. The maximum Gasteiger partial charge on any atom is 0.255 e. The Balaban J connectivity index is 1.29. The SMILES string of the molecule is O=C(CCC(=O)N1CCc2sccc2C1)Nc1cccc(C(=O)Nc2cccc(F)c2)c1. The third kappa shape index (κ3) is 5.39. The Labute approximate surface area is 189 Å². The Kier molecular flexibility index (Phi) is 6.61. The van der Waals surface area contributed by atoms with E-state index in [-0.39, 0.29) is 24.7 Å². The average molecular weight is 452 g/mol. The van der Waals surface area contributed by atoms with Crippen molar-refractivity contribution in [3.8, 4) is 0 Å². The van der Waals surface area contributed by atoms with Crippen molar-refractivity contribution in [1.82, 2.24) is 4.90 Å². The fourth-order valence-corrected chi connectivity index (χ4v) is 4.46. The lowest BCUT2D eigenvalue weighted by molar-refractivity contribution is -0.133. The molecule has 2 aromatic carbocycles. The van der Waals surface area contributed by atoms with Crippen molar-refractivity contribution < 1.29 is 18.8 Å². The van der Waals surface area contributed by atoms with Gasteiger partial charge in [-0.05, 0) is 59.8 Å². The number of amides is 3. The topological polar surface area (TPSA) is 78.5 Å². The number of hydrogen-bond donors (Lipinski definition) is 2. The Morgan fingerprint density at radius 3 is 2.56 bits per heavy atom. The number of nitrogens with zero attached hydrogens (tertiary/aromatic N) is 1. The van der Waals surface area contributed by atoms with Gasteiger partial charge < -0.3 is 15.5 Å². The lowest BCUT2D eigenvalue weighted by Gasteiger charge is -2.27. The first-order chi connectivity index (χ1) is 15.5. The predicted octanol–water partition coefficient (Wildman–Crippen LogP) is 4.44. The summed E-state index contributed by atoms with van der Waals surface area (Å²) >= 11 is 1.72. The van der Waals surface area contributed by atoms with E-state index in [0.717, 1.165) is 6.42 Å². The summed E-state index contributed by atoms with van der Waals surface area (Å²) in [5, 5.41) is 7.39. The molecule has 0 fully saturated rings. The maximum atomic E-state index is 13.3. The van der Waals surface area contributed by atoms with Crippen LogP contribution in [0.5, 0.6) is 0 Å². The van der Waals surface area contributed by atoms with Crippen LogP contribution in [-0.4, -0.2) is 29.2 Å². The van der Waals surface area contributed by atoms with Gasteiger partial charge in [0.1, 0.15) is 5.82 Å². The van der Waals surface area contributed by atoms with Crippen molar-refractivity contribution >= 4 is 40.4 Å². The van der Waals surface area contributed by atoms with E-state index in [2.05, 4.69) is 10.6 Å². The molecule has 0 saturated heterocycles. The van der Waals surface area contributed by atoms with Crippen molar-refractivity contribution in [3.05, 3.63) is 81.8 Å². The van der Waals surface area contributed by atoms with Crippen LogP contribution in [-0.2, 0) is 22.6 Å². The van der Waals surface area contributed by atoms with Crippen LogP contribution in [0.4, 0.5) is 15.8 Å². The minimum atomic E-state index is -0.446. The van der Waals surface area contributed by atoms with Crippen LogP contribution in [0.3, 0.4) is 0 Å². The third-order valence-electron chi connectivity index (χ3n) is 5.22. The van der Waals surface area contributed by atoms with Crippen molar-refractivity contribution in [3.63, 3.8) is 0 Å². The second-order valence-electron chi connectivity index (χ2n) is 7.53. The van der Waals surface area contributed by atoms with Crippen LogP contribution >= 0.6 is 11.3 Å². The molecule has 0 saturated carbocycles. The zero-order valence-electron chi connectivity index (χ0n) is 17.3. The molecule has 4 rings (SSSR count). The van der Waals surface area contributed by atoms with Crippen LogP contribution in [0.1, 0.15) is 33.6 Å². The molecule has 1 aromatic heterocycles. The monoisotopic (exact) mass is 451 g/mol. The summed E-state index contributed by atoms with van der Waals surface area (Å²) in [6.07, 6.45) is 1.05. The van der Waals surface area contributed by atoms with Crippen molar-refractivity contribution in [2.75, 3.05) is 17.2 Å². The predicted molar refractivity (Wildman–Crippen MR) is 122 cm³/mol. The number of thiophene rings is 1. The maximum absolute atomic E-state index is 13.3. The summed E-state index contributed by atoms with van der Waals surface area (Å²) in [6, 6.07) is 14.1. The molecule has 1 aliphatic rings. The van der Waals surface area contributed by atoms with E-state index in [4.69, 9.17) is 0 Å². The molecule has 0 spiro atoms. The summed E-state index contributed by atoms with van der Waals surface area (Å²) in [5.41, 5.74) is 2.31. The highest BCUT2D eigenvalue weighted by Gasteiger charge is 2.21. The number of carbonyl (C=O) groups excluding carboxylic acids is 3. The van der Waals surface area contributed by atoms with Crippen molar-refractivity contribution in [2.45, 2.75) is 25.8 Å². The number of hydrogen-bond acceptors (Lipinski definition) is 4. The van der Waals surface area contributed by atoms with Gasteiger partial charge in [0.15, 0.2) is 0 Å². The zero-order valence-corrected chi connectivity index (χ0v) is 18.1. The summed E-state index contributed by atoms with van der Waals surface area (Å²) in [5.74, 6) is -1.20. The molecule has 6 nitrogen and oxygen atoms in total. The van der Waals surface area contributed by atoms with Gasteiger partial charge in [-0.3, -0.25) is 14.4 Å². The number of halogens is 1. The Bertz CT molecular complexity index is 1160. The van der Waals surface area contributed by atoms with Crippen LogP contribution < -0.4 is 10.6 Å². The van der Waals surface area contributed by atoms with Gasteiger partial charge in [-0.1, -0.05) is 12.1 Å².